The Morgan fingerprint density at radius 2 is 2.07 bits per heavy atom. The maximum Gasteiger partial charge on any atom is 0.137 e. The van der Waals surface area contributed by atoms with Crippen LogP contribution >= 0.6 is 0 Å². The molecule has 1 aromatic carbocycles. The highest BCUT2D eigenvalue weighted by molar-refractivity contribution is 5.81. The highest BCUT2D eigenvalue weighted by Gasteiger charge is 2.20. The van der Waals surface area contributed by atoms with Gasteiger partial charge in [0.15, 0.2) is 0 Å². The van der Waals surface area contributed by atoms with Crippen LogP contribution in [0.2, 0.25) is 0 Å². The molecule has 0 spiro atoms. The molecule has 0 radical (unpaired) electrons. The van der Waals surface area contributed by atoms with Crippen LogP contribution in [0.15, 0.2) is 24.3 Å². The van der Waals surface area contributed by atoms with Gasteiger partial charge in [0.25, 0.3) is 0 Å². The van der Waals surface area contributed by atoms with E-state index in [2.05, 4.69) is 19.1 Å². The van der Waals surface area contributed by atoms with Crippen LogP contribution in [0.3, 0.4) is 0 Å². The topological polar surface area (TPSA) is 17.1 Å². The lowest BCUT2D eigenvalue weighted by Crippen LogP contribution is -2.17. The van der Waals surface area contributed by atoms with Gasteiger partial charge < -0.3 is 0 Å². The van der Waals surface area contributed by atoms with E-state index in [1.165, 1.54) is 30.4 Å². The zero-order valence-electron chi connectivity index (χ0n) is 9.33. The van der Waals surface area contributed by atoms with Crippen LogP contribution < -0.4 is 0 Å². The average molecular weight is 202 g/mol. The quantitative estimate of drug-likeness (QED) is 0.732. The second-order valence-corrected chi connectivity index (χ2v) is 4.64. The molecule has 0 atom stereocenters. The summed E-state index contributed by atoms with van der Waals surface area (Å²) in [5, 5.41) is 0. The van der Waals surface area contributed by atoms with E-state index >= 15 is 0 Å². The molecule has 15 heavy (non-hydrogen) atoms. The number of carbonyl (C=O) groups excluding carboxylic acids is 1. The Hall–Kier alpha value is -1.11. The predicted octanol–water partition coefficient (Wildman–Crippen LogP) is 3.30. The van der Waals surface area contributed by atoms with Crippen molar-refractivity contribution in [2.24, 2.45) is 5.92 Å². The van der Waals surface area contributed by atoms with Crippen LogP contribution in [-0.2, 0) is 11.2 Å². The minimum Gasteiger partial charge on any atom is -0.299 e. The minimum absolute atomic E-state index is 0.411. The first-order chi connectivity index (χ1) is 7.25. The van der Waals surface area contributed by atoms with E-state index in [0.717, 1.165) is 6.42 Å². The molecule has 0 heterocycles. The van der Waals surface area contributed by atoms with E-state index in [9.17, 15) is 4.79 Å². The van der Waals surface area contributed by atoms with Gasteiger partial charge in [-0.3, -0.25) is 4.79 Å². The van der Waals surface area contributed by atoms with Crippen LogP contribution in [0.1, 0.15) is 36.8 Å². The zero-order chi connectivity index (χ0) is 10.7. The van der Waals surface area contributed by atoms with Crippen LogP contribution in [0, 0.1) is 12.8 Å². The van der Waals surface area contributed by atoms with E-state index in [0.29, 0.717) is 18.1 Å². The summed E-state index contributed by atoms with van der Waals surface area (Å²) in [6, 6.07) is 8.17. The summed E-state index contributed by atoms with van der Waals surface area (Å²) in [6.07, 6.45) is 5.28. The van der Waals surface area contributed by atoms with Gasteiger partial charge in [0.1, 0.15) is 5.78 Å². The fourth-order valence-electron chi connectivity index (χ4n) is 2.11. The first-order valence-corrected chi connectivity index (χ1v) is 5.82. The Bertz CT molecular complexity index is 350. The molecule has 0 aliphatic heterocycles. The normalized spacial score (nSPS) is 16.1. The monoisotopic (exact) mass is 202 g/mol. The first kappa shape index (κ1) is 10.4. The largest absolute Gasteiger partial charge is 0.299 e. The van der Waals surface area contributed by atoms with Crippen LogP contribution in [0.4, 0.5) is 0 Å². The Morgan fingerprint density at radius 3 is 2.67 bits per heavy atom. The number of rotatable bonds is 4. The molecule has 0 N–H and O–H groups in total. The third-order valence-electron chi connectivity index (χ3n) is 3.39. The zero-order valence-corrected chi connectivity index (χ0v) is 9.33. The van der Waals surface area contributed by atoms with Gasteiger partial charge in [-0.2, -0.15) is 0 Å². The molecule has 0 saturated heterocycles. The molecular formula is C14H18O. The molecule has 1 aliphatic carbocycles. The molecule has 0 unspecified atom stereocenters. The van der Waals surface area contributed by atoms with Gasteiger partial charge in [0, 0.05) is 12.8 Å². The third-order valence-corrected chi connectivity index (χ3v) is 3.39. The van der Waals surface area contributed by atoms with Gasteiger partial charge in [-0.1, -0.05) is 43.5 Å². The Morgan fingerprint density at radius 1 is 1.33 bits per heavy atom. The lowest BCUT2D eigenvalue weighted by atomic mass is 9.81. The third kappa shape index (κ3) is 2.68. The van der Waals surface area contributed by atoms with Gasteiger partial charge in [0.05, 0.1) is 0 Å². The summed E-state index contributed by atoms with van der Waals surface area (Å²) < 4.78 is 0. The number of Topliss-reactive ketones (excluding diaryl/α,β-unsaturated/α-hetero) is 1. The van der Waals surface area contributed by atoms with Crippen LogP contribution in [0.25, 0.3) is 0 Å². The number of hydrogen-bond acceptors (Lipinski definition) is 1. The first-order valence-electron chi connectivity index (χ1n) is 5.82. The van der Waals surface area contributed by atoms with Crippen molar-refractivity contribution in [1.29, 1.82) is 0 Å². The molecule has 1 aliphatic rings. The van der Waals surface area contributed by atoms with Crippen molar-refractivity contribution in [3.63, 3.8) is 0 Å². The maximum absolute atomic E-state index is 11.8. The van der Waals surface area contributed by atoms with E-state index in [4.69, 9.17) is 0 Å². The van der Waals surface area contributed by atoms with Gasteiger partial charge in [-0.05, 0) is 24.0 Å². The SMILES string of the molecule is Cc1ccccc1CC(=O)CC1CCC1. The Labute approximate surface area is 91.5 Å². The fourth-order valence-corrected chi connectivity index (χ4v) is 2.11. The highest BCUT2D eigenvalue weighted by Crippen LogP contribution is 2.29. The fraction of sp³-hybridized carbons (Fsp3) is 0.500. The standard InChI is InChI=1S/C14H18O/c1-11-5-2-3-8-13(11)10-14(15)9-12-6-4-7-12/h2-3,5,8,12H,4,6-7,9-10H2,1H3. The van der Waals surface area contributed by atoms with Crippen molar-refractivity contribution in [2.45, 2.75) is 39.0 Å². The number of aryl methyl sites for hydroxylation is 1. The van der Waals surface area contributed by atoms with Crippen molar-refractivity contribution in [2.75, 3.05) is 0 Å². The average Bonchev–Trinajstić information content (AvgIpc) is 2.16. The van der Waals surface area contributed by atoms with Crippen molar-refractivity contribution in [3.8, 4) is 0 Å². The molecule has 0 aromatic heterocycles. The number of carbonyl (C=O) groups is 1. The summed E-state index contributed by atoms with van der Waals surface area (Å²) in [6.45, 7) is 2.08. The van der Waals surface area contributed by atoms with Crippen molar-refractivity contribution in [1.82, 2.24) is 0 Å². The van der Waals surface area contributed by atoms with Gasteiger partial charge in [0.2, 0.25) is 0 Å². The molecule has 1 heteroatoms. The molecule has 2 rings (SSSR count). The summed E-state index contributed by atoms with van der Waals surface area (Å²) in [5.41, 5.74) is 2.43. The lowest BCUT2D eigenvalue weighted by molar-refractivity contribution is -0.119. The second-order valence-electron chi connectivity index (χ2n) is 4.64. The number of benzene rings is 1. The predicted molar refractivity (Wildman–Crippen MR) is 61.8 cm³/mol. The molecule has 0 bridgehead atoms. The summed E-state index contributed by atoms with van der Waals surface area (Å²) >= 11 is 0. The van der Waals surface area contributed by atoms with E-state index in [1.807, 2.05) is 12.1 Å². The van der Waals surface area contributed by atoms with Gasteiger partial charge in [-0.15, -0.1) is 0 Å². The van der Waals surface area contributed by atoms with Gasteiger partial charge >= 0.3 is 0 Å². The molecule has 1 fully saturated rings. The van der Waals surface area contributed by atoms with E-state index in [-0.39, 0.29) is 0 Å². The molecule has 1 aromatic rings. The number of hydrogen-bond donors (Lipinski definition) is 0. The number of ketones is 1. The Balaban J connectivity index is 1.90. The highest BCUT2D eigenvalue weighted by atomic mass is 16.1. The minimum atomic E-state index is 0.411. The van der Waals surface area contributed by atoms with Crippen molar-refractivity contribution < 1.29 is 4.79 Å². The summed E-state index contributed by atoms with van der Waals surface area (Å²) in [4.78, 5) is 11.8. The Kier molecular flexibility index (Phi) is 3.20. The molecule has 1 saturated carbocycles. The molecule has 1 nitrogen and oxygen atoms in total. The summed E-state index contributed by atoms with van der Waals surface area (Å²) in [7, 11) is 0. The second kappa shape index (κ2) is 4.61. The molecule has 80 valence electrons. The van der Waals surface area contributed by atoms with Crippen molar-refractivity contribution >= 4 is 5.78 Å². The van der Waals surface area contributed by atoms with E-state index < -0.39 is 0 Å². The molecule has 0 amide bonds. The maximum atomic E-state index is 11.8. The summed E-state index contributed by atoms with van der Waals surface area (Å²) in [5.74, 6) is 1.11. The van der Waals surface area contributed by atoms with Crippen molar-refractivity contribution in [3.05, 3.63) is 35.4 Å². The van der Waals surface area contributed by atoms with Crippen LogP contribution in [-0.4, -0.2) is 5.78 Å². The van der Waals surface area contributed by atoms with Gasteiger partial charge in [-0.25, -0.2) is 0 Å². The van der Waals surface area contributed by atoms with E-state index in [1.54, 1.807) is 0 Å². The lowest BCUT2D eigenvalue weighted by Gasteiger charge is -2.24. The molecular weight excluding hydrogens is 184 g/mol. The van der Waals surface area contributed by atoms with Crippen LogP contribution in [0.5, 0.6) is 0 Å². The smallest absolute Gasteiger partial charge is 0.137 e.